The van der Waals surface area contributed by atoms with Crippen molar-refractivity contribution in [2.75, 3.05) is 13.1 Å². The number of piperidine rings is 1. The molecule has 1 saturated heterocycles. The van der Waals surface area contributed by atoms with Gasteiger partial charge in [0.25, 0.3) is 0 Å². The van der Waals surface area contributed by atoms with E-state index >= 15 is 0 Å². The molecule has 0 amide bonds. The van der Waals surface area contributed by atoms with Gasteiger partial charge < -0.3 is 5.73 Å². The Morgan fingerprint density at radius 1 is 1.19 bits per heavy atom. The minimum Gasteiger partial charge on any atom is -0.330 e. The molecule has 1 unspecified atom stereocenters. The summed E-state index contributed by atoms with van der Waals surface area (Å²) in [5.41, 5.74) is 8.25. The van der Waals surface area contributed by atoms with Crippen molar-refractivity contribution in [3.63, 3.8) is 0 Å². The second-order valence-corrected chi connectivity index (χ2v) is 5.69. The van der Waals surface area contributed by atoms with Crippen molar-refractivity contribution in [3.05, 3.63) is 42.1 Å². The van der Waals surface area contributed by atoms with E-state index in [1.54, 1.807) is 0 Å². The van der Waals surface area contributed by atoms with Gasteiger partial charge in [-0.2, -0.15) is 0 Å². The number of para-hydroxylation sites is 1. The first-order valence-corrected chi connectivity index (χ1v) is 7.65. The van der Waals surface area contributed by atoms with Crippen LogP contribution in [-0.4, -0.2) is 29.0 Å². The molecule has 2 aromatic rings. The lowest BCUT2D eigenvalue weighted by molar-refractivity contribution is 0.134. The van der Waals surface area contributed by atoms with Crippen molar-refractivity contribution < 1.29 is 0 Å². The number of aromatic nitrogens is 1. The number of nitrogens with zero attached hydrogens (tertiary/aromatic N) is 2. The van der Waals surface area contributed by atoms with E-state index in [9.17, 15) is 0 Å². The largest absolute Gasteiger partial charge is 0.330 e. The summed E-state index contributed by atoms with van der Waals surface area (Å²) in [6.07, 6.45) is 6.93. The molecule has 4 heteroatoms. The molecular weight excluding hydrogens is 282 g/mol. The second-order valence-electron chi connectivity index (χ2n) is 5.69. The van der Waals surface area contributed by atoms with E-state index in [-0.39, 0.29) is 12.4 Å². The van der Waals surface area contributed by atoms with Crippen LogP contribution in [-0.2, 0) is 6.54 Å². The third kappa shape index (κ3) is 3.73. The third-order valence-electron chi connectivity index (χ3n) is 4.34. The smallest absolute Gasteiger partial charge is 0.0746 e. The maximum Gasteiger partial charge on any atom is 0.0746 e. The van der Waals surface area contributed by atoms with Crippen LogP contribution >= 0.6 is 12.4 Å². The summed E-state index contributed by atoms with van der Waals surface area (Å²) in [4.78, 5) is 7.16. The predicted octanol–water partition coefficient (Wildman–Crippen LogP) is 3.36. The van der Waals surface area contributed by atoms with E-state index < -0.39 is 0 Å². The molecule has 1 fully saturated rings. The fourth-order valence-electron chi connectivity index (χ4n) is 3.30. The molecule has 21 heavy (non-hydrogen) atoms. The predicted molar refractivity (Wildman–Crippen MR) is 90.7 cm³/mol. The highest BCUT2D eigenvalue weighted by atomic mass is 35.5. The van der Waals surface area contributed by atoms with Crippen LogP contribution in [0.1, 0.15) is 31.2 Å². The monoisotopic (exact) mass is 305 g/mol. The molecule has 3 nitrogen and oxygen atoms in total. The zero-order chi connectivity index (χ0) is 13.8. The molecule has 0 spiro atoms. The van der Waals surface area contributed by atoms with Gasteiger partial charge in [0.2, 0.25) is 0 Å². The Balaban J connectivity index is 0.00000161. The highest BCUT2D eigenvalue weighted by Crippen LogP contribution is 2.24. The first kappa shape index (κ1) is 16.2. The topological polar surface area (TPSA) is 42.1 Å². The van der Waals surface area contributed by atoms with Crippen LogP contribution in [0.5, 0.6) is 0 Å². The van der Waals surface area contributed by atoms with Crippen LogP contribution in [0.3, 0.4) is 0 Å². The first-order valence-electron chi connectivity index (χ1n) is 7.65. The van der Waals surface area contributed by atoms with E-state index in [0.717, 1.165) is 25.0 Å². The van der Waals surface area contributed by atoms with E-state index in [0.29, 0.717) is 6.04 Å². The molecular formula is C17H24ClN3. The molecule has 2 N–H and O–H groups in total. The SMILES string of the molecule is Cl.NCCC1CCCCN1Cc1cccc2cccnc12. The Kier molecular flexibility index (Phi) is 5.97. The van der Waals surface area contributed by atoms with E-state index in [2.05, 4.69) is 34.1 Å². The van der Waals surface area contributed by atoms with Crippen molar-refractivity contribution in [1.82, 2.24) is 9.88 Å². The van der Waals surface area contributed by atoms with Gasteiger partial charge in [0, 0.05) is 24.2 Å². The summed E-state index contributed by atoms with van der Waals surface area (Å²) in [7, 11) is 0. The molecule has 1 aromatic carbocycles. The van der Waals surface area contributed by atoms with E-state index in [1.165, 1.54) is 36.8 Å². The van der Waals surface area contributed by atoms with E-state index in [1.807, 2.05) is 12.3 Å². The number of rotatable bonds is 4. The zero-order valence-corrected chi connectivity index (χ0v) is 13.2. The number of nitrogens with two attached hydrogens (primary N) is 1. The van der Waals surface area contributed by atoms with Crippen LogP contribution < -0.4 is 5.73 Å². The molecule has 0 aliphatic carbocycles. The Hall–Kier alpha value is -1.16. The maximum atomic E-state index is 5.77. The molecule has 1 aliphatic heterocycles. The average Bonchev–Trinajstić information content (AvgIpc) is 2.50. The summed E-state index contributed by atoms with van der Waals surface area (Å²) >= 11 is 0. The molecule has 0 saturated carbocycles. The number of pyridine rings is 1. The number of fused-ring (bicyclic) bond motifs is 1. The van der Waals surface area contributed by atoms with Crippen molar-refractivity contribution in [3.8, 4) is 0 Å². The Labute approximate surface area is 132 Å². The molecule has 114 valence electrons. The second kappa shape index (κ2) is 7.74. The molecule has 2 heterocycles. The van der Waals surface area contributed by atoms with Crippen LogP contribution in [0.2, 0.25) is 0 Å². The molecule has 1 aromatic heterocycles. The van der Waals surface area contributed by atoms with Gasteiger partial charge in [0.1, 0.15) is 0 Å². The van der Waals surface area contributed by atoms with Crippen LogP contribution in [0.15, 0.2) is 36.5 Å². The van der Waals surface area contributed by atoms with Crippen LogP contribution in [0.4, 0.5) is 0 Å². The van der Waals surface area contributed by atoms with Gasteiger partial charge in [0.05, 0.1) is 5.52 Å². The van der Waals surface area contributed by atoms with E-state index in [4.69, 9.17) is 5.73 Å². The average molecular weight is 306 g/mol. The maximum absolute atomic E-state index is 5.77. The van der Waals surface area contributed by atoms with Crippen molar-refractivity contribution in [1.29, 1.82) is 0 Å². The number of halogens is 1. The Bertz CT molecular complexity index is 565. The van der Waals surface area contributed by atoms with Crippen molar-refractivity contribution in [2.24, 2.45) is 5.73 Å². The standard InChI is InChI=1S/C17H23N3.ClH/c18-10-9-16-8-1-2-12-20(16)13-15-6-3-5-14-7-4-11-19-17(14)15;/h3-7,11,16H,1-2,8-10,12-13,18H2;1H. The third-order valence-corrected chi connectivity index (χ3v) is 4.34. The lowest BCUT2D eigenvalue weighted by atomic mass is 9.98. The lowest BCUT2D eigenvalue weighted by Crippen LogP contribution is -2.40. The number of likely N-dealkylation sites (tertiary alicyclic amines) is 1. The summed E-state index contributed by atoms with van der Waals surface area (Å²) in [5.74, 6) is 0. The van der Waals surface area contributed by atoms with Gasteiger partial charge in [-0.05, 0) is 44.0 Å². The summed E-state index contributed by atoms with van der Waals surface area (Å²) in [6.45, 7) is 2.97. The van der Waals surface area contributed by atoms with Crippen LogP contribution in [0.25, 0.3) is 10.9 Å². The highest BCUT2D eigenvalue weighted by Gasteiger charge is 2.22. The number of hydrogen-bond acceptors (Lipinski definition) is 3. The zero-order valence-electron chi connectivity index (χ0n) is 12.4. The minimum absolute atomic E-state index is 0. The molecule has 1 aliphatic rings. The molecule has 0 radical (unpaired) electrons. The number of hydrogen-bond donors (Lipinski definition) is 1. The summed E-state index contributed by atoms with van der Waals surface area (Å²) in [6, 6.07) is 11.3. The fraction of sp³-hybridized carbons (Fsp3) is 0.471. The molecule has 3 rings (SSSR count). The highest BCUT2D eigenvalue weighted by molar-refractivity contribution is 5.85. The molecule has 0 bridgehead atoms. The Morgan fingerprint density at radius 2 is 2.05 bits per heavy atom. The van der Waals surface area contributed by atoms with Gasteiger partial charge >= 0.3 is 0 Å². The normalized spacial score (nSPS) is 19.4. The van der Waals surface area contributed by atoms with Gasteiger partial charge in [-0.3, -0.25) is 9.88 Å². The van der Waals surface area contributed by atoms with Gasteiger partial charge in [-0.1, -0.05) is 30.7 Å². The lowest BCUT2D eigenvalue weighted by Gasteiger charge is -2.35. The summed E-state index contributed by atoms with van der Waals surface area (Å²) < 4.78 is 0. The first-order chi connectivity index (χ1) is 9.88. The fourth-order valence-corrected chi connectivity index (χ4v) is 3.30. The van der Waals surface area contributed by atoms with Crippen molar-refractivity contribution >= 4 is 23.3 Å². The molecule has 1 atom stereocenters. The number of benzene rings is 1. The van der Waals surface area contributed by atoms with Gasteiger partial charge in [0.15, 0.2) is 0 Å². The van der Waals surface area contributed by atoms with Gasteiger partial charge in [-0.25, -0.2) is 0 Å². The van der Waals surface area contributed by atoms with Crippen LogP contribution in [0, 0.1) is 0 Å². The minimum atomic E-state index is 0. The van der Waals surface area contributed by atoms with Crippen molar-refractivity contribution in [2.45, 2.75) is 38.3 Å². The summed E-state index contributed by atoms with van der Waals surface area (Å²) in [5, 5.41) is 1.23. The van der Waals surface area contributed by atoms with Gasteiger partial charge in [-0.15, -0.1) is 12.4 Å². The Morgan fingerprint density at radius 3 is 2.90 bits per heavy atom. The quantitative estimate of drug-likeness (QED) is 0.942.